The molecular weight excluding hydrogens is 560 g/mol. The average molecular weight is 589 g/mol. The van der Waals surface area contributed by atoms with Crippen molar-refractivity contribution in [2.24, 2.45) is 7.05 Å². The lowest BCUT2D eigenvalue weighted by atomic mass is 9.93. The third-order valence-electron chi connectivity index (χ3n) is 8.10. The van der Waals surface area contributed by atoms with Crippen LogP contribution in [0.15, 0.2) is 61.2 Å². The maximum absolute atomic E-state index is 14.4. The van der Waals surface area contributed by atoms with Crippen LogP contribution in [-0.2, 0) is 19.8 Å². The van der Waals surface area contributed by atoms with Crippen molar-refractivity contribution in [1.82, 2.24) is 39.8 Å². The number of aromatic nitrogens is 7. The molecule has 0 amide bonds. The van der Waals surface area contributed by atoms with Gasteiger partial charge in [-0.15, -0.1) is 10.2 Å². The van der Waals surface area contributed by atoms with Gasteiger partial charge in [-0.25, -0.2) is 14.1 Å². The van der Waals surface area contributed by atoms with Gasteiger partial charge < -0.3 is 9.88 Å². The molecule has 2 aliphatic carbocycles. The standard InChI is InChI=1S/C31H28F4N8/c1-42-17-37-41-30(42)25-13-21(32)7-9-24(25)19-11-27(18-5-6-18)40-28(12-19)43-16-20(14-38-43)29-26(31(33,34)35)10-8-23(39-29)15-36-22-3-2-4-22/h7-14,16-18,22,36H,2-6,15H2,1H3. The third-order valence-corrected chi connectivity index (χ3v) is 8.10. The highest BCUT2D eigenvalue weighted by molar-refractivity contribution is 5.81. The lowest BCUT2D eigenvalue weighted by Crippen LogP contribution is -2.34. The van der Waals surface area contributed by atoms with Crippen molar-refractivity contribution in [2.45, 2.75) is 56.8 Å². The van der Waals surface area contributed by atoms with E-state index < -0.39 is 17.6 Å². The molecule has 0 aliphatic heterocycles. The number of nitrogens with zero attached hydrogens (tertiary/aromatic N) is 7. The number of halogens is 4. The second-order valence-electron chi connectivity index (χ2n) is 11.2. The van der Waals surface area contributed by atoms with Crippen LogP contribution in [0.3, 0.4) is 0 Å². The Morgan fingerprint density at radius 3 is 2.49 bits per heavy atom. The summed E-state index contributed by atoms with van der Waals surface area (Å²) in [5.41, 5.74) is 2.67. The fourth-order valence-electron chi connectivity index (χ4n) is 5.36. The van der Waals surface area contributed by atoms with E-state index in [0.29, 0.717) is 35.5 Å². The summed E-state index contributed by atoms with van der Waals surface area (Å²) in [6.07, 6.45) is 5.13. The van der Waals surface area contributed by atoms with Gasteiger partial charge in [-0.1, -0.05) is 12.5 Å². The normalized spacial score (nSPS) is 15.6. The Hall–Kier alpha value is -4.45. The maximum Gasteiger partial charge on any atom is 0.418 e. The Morgan fingerprint density at radius 2 is 1.79 bits per heavy atom. The minimum atomic E-state index is -4.58. The zero-order chi connectivity index (χ0) is 29.7. The molecule has 8 nitrogen and oxygen atoms in total. The second-order valence-corrected chi connectivity index (χ2v) is 11.2. The summed E-state index contributed by atoms with van der Waals surface area (Å²) in [7, 11) is 1.78. The predicted molar refractivity (Wildman–Crippen MR) is 151 cm³/mol. The smallest absolute Gasteiger partial charge is 0.317 e. The van der Waals surface area contributed by atoms with Gasteiger partial charge in [-0.3, -0.25) is 4.98 Å². The number of rotatable bonds is 8. The summed E-state index contributed by atoms with van der Waals surface area (Å²) in [6, 6.07) is 11.1. The van der Waals surface area contributed by atoms with Gasteiger partial charge in [0.25, 0.3) is 0 Å². The molecule has 0 saturated heterocycles. The minimum absolute atomic E-state index is 0.173. The molecule has 0 radical (unpaired) electrons. The summed E-state index contributed by atoms with van der Waals surface area (Å²) in [5, 5.41) is 15.9. The van der Waals surface area contributed by atoms with Crippen molar-refractivity contribution < 1.29 is 17.6 Å². The van der Waals surface area contributed by atoms with Crippen molar-refractivity contribution in [1.29, 1.82) is 0 Å². The van der Waals surface area contributed by atoms with Crippen LogP contribution >= 0.6 is 0 Å². The topological polar surface area (TPSA) is 86.3 Å². The molecule has 2 fully saturated rings. The van der Waals surface area contributed by atoms with Crippen molar-refractivity contribution >= 4 is 0 Å². The minimum Gasteiger partial charge on any atom is -0.317 e. The highest BCUT2D eigenvalue weighted by Crippen LogP contribution is 2.42. The molecule has 0 spiro atoms. The first kappa shape index (κ1) is 27.4. The van der Waals surface area contributed by atoms with Gasteiger partial charge in [0.05, 0.1) is 23.1 Å². The first-order valence-electron chi connectivity index (χ1n) is 14.2. The second kappa shape index (κ2) is 10.7. The van der Waals surface area contributed by atoms with Crippen LogP contribution in [0.25, 0.3) is 39.6 Å². The van der Waals surface area contributed by atoms with E-state index in [1.165, 1.54) is 35.3 Å². The number of nitrogens with one attached hydrogen (secondary N) is 1. The fourth-order valence-corrected chi connectivity index (χ4v) is 5.36. The molecule has 5 aromatic rings. The first-order chi connectivity index (χ1) is 20.7. The van der Waals surface area contributed by atoms with Gasteiger partial charge in [0.2, 0.25) is 0 Å². The quantitative estimate of drug-likeness (QED) is 0.209. The molecule has 1 N–H and O–H groups in total. The van der Waals surface area contributed by atoms with Crippen molar-refractivity contribution in [3.05, 3.63) is 84.0 Å². The Labute approximate surface area is 244 Å². The van der Waals surface area contributed by atoms with Gasteiger partial charge in [0, 0.05) is 48.6 Å². The molecule has 7 rings (SSSR count). The molecule has 2 aliphatic rings. The first-order valence-corrected chi connectivity index (χ1v) is 14.2. The van der Waals surface area contributed by atoms with Crippen LogP contribution in [0.1, 0.15) is 55.0 Å². The summed E-state index contributed by atoms with van der Waals surface area (Å²) < 4.78 is 59.7. The average Bonchev–Trinajstić information content (AvgIpc) is 3.53. The van der Waals surface area contributed by atoms with E-state index >= 15 is 0 Å². The van der Waals surface area contributed by atoms with E-state index in [2.05, 4.69) is 25.6 Å². The van der Waals surface area contributed by atoms with Crippen LogP contribution in [0, 0.1) is 5.82 Å². The lowest BCUT2D eigenvalue weighted by molar-refractivity contribution is -0.137. The lowest BCUT2D eigenvalue weighted by Gasteiger charge is -2.26. The van der Waals surface area contributed by atoms with Gasteiger partial charge in [0.15, 0.2) is 11.6 Å². The molecule has 0 bridgehead atoms. The van der Waals surface area contributed by atoms with Crippen molar-refractivity contribution in [3.8, 4) is 39.6 Å². The fraction of sp³-hybridized carbons (Fsp3) is 0.323. The zero-order valence-electron chi connectivity index (χ0n) is 23.3. The molecule has 220 valence electrons. The van der Waals surface area contributed by atoms with Crippen molar-refractivity contribution in [3.63, 3.8) is 0 Å². The molecule has 43 heavy (non-hydrogen) atoms. The van der Waals surface area contributed by atoms with E-state index in [0.717, 1.165) is 55.0 Å². The van der Waals surface area contributed by atoms with Crippen LogP contribution < -0.4 is 5.32 Å². The van der Waals surface area contributed by atoms with Crippen LogP contribution in [0.5, 0.6) is 0 Å². The number of alkyl halides is 3. The van der Waals surface area contributed by atoms with E-state index in [4.69, 9.17) is 4.98 Å². The number of pyridine rings is 2. The molecule has 0 atom stereocenters. The number of aryl methyl sites for hydroxylation is 1. The molecule has 4 heterocycles. The Kier molecular flexibility index (Phi) is 6.80. The number of benzene rings is 1. The zero-order valence-corrected chi connectivity index (χ0v) is 23.3. The third kappa shape index (κ3) is 5.54. The summed E-state index contributed by atoms with van der Waals surface area (Å²) in [6.45, 7) is 0.393. The predicted octanol–water partition coefficient (Wildman–Crippen LogP) is 6.47. The summed E-state index contributed by atoms with van der Waals surface area (Å²) in [5.74, 6) is 0.800. The summed E-state index contributed by atoms with van der Waals surface area (Å²) in [4.78, 5) is 9.24. The van der Waals surface area contributed by atoms with Crippen LogP contribution in [-0.4, -0.2) is 40.6 Å². The monoisotopic (exact) mass is 588 g/mol. The molecule has 4 aromatic heterocycles. The molecule has 1 aromatic carbocycles. The largest absolute Gasteiger partial charge is 0.418 e. The molecular formula is C31H28F4N8. The van der Waals surface area contributed by atoms with Crippen LogP contribution in [0.2, 0.25) is 0 Å². The van der Waals surface area contributed by atoms with E-state index in [1.807, 2.05) is 6.07 Å². The highest BCUT2D eigenvalue weighted by Gasteiger charge is 2.35. The van der Waals surface area contributed by atoms with Crippen LogP contribution in [0.4, 0.5) is 17.6 Å². The number of hydrogen-bond acceptors (Lipinski definition) is 6. The van der Waals surface area contributed by atoms with Crippen molar-refractivity contribution in [2.75, 3.05) is 0 Å². The molecule has 0 unspecified atom stereocenters. The Balaban J connectivity index is 1.29. The molecule has 2 saturated carbocycles. The van der Waals surface area contributed by atoms with Gasteiger partial charge >= 0.3 is 6.18 Å². The molecule has 12 heteroatoms. The van der Waals surface area contributed by atoms with Gasteiger partial charge in [0.1, 0.15) is 12.1 Å². The summed E-state index contributed by atoms with van der Waals surface area (Å²) >= 11 is 0. The Bertz CT molecular complexity index is 1800. The number of hydrogen-bond donors (Lipinski definition) is 1. The highest BCUT2D eigenvalue weighted by atomic mass is 19.4. The van der Waals surface area contributed by atoms with E-state index in [9.17, 15) is 17.6 Å². The van der Waals surface area contributed by atoms with E-state index in [1.54, 1.807) is 30.1 Å². The van der Waals surface area contributed by atoms with E-state index in [-0.39, 0.29) is 17.2 Å². The van der Waals surface area contributed by atoms with Gasteiger partial charge in [-0.2, -0.15) is 18.3 Å². The SMILES string of the molecule is Cn1cnnc1-c1cc(F)ccc1-c1cc(C2CC2)nc(-n2cc(-c3nc(CNC4CCC4)ccc3C(F)(F)F)cn2)c1. The maximum atomic E-state index is 14.4. The Morgan fingerprint density at radius 1 is 0.953 bits per heavy atom. The van der Waals surface area contributed by atoms with Gasteiger partial charge in [-0.05, 0) is 73.2 Å².